The minimum Gasteiger partial charge on any atom is -0.447 e. The second-order valence-electron chi connectivity index (χ2n) is 5.82. The zero-order valence-corrected chi connectivity index (χ0v) is 13.5. The van der Waals surface area contributed by atoms with Gasteiger partial charge in [0.15, 0.2) is 0 Å². The fraction of sp³-hybridized carbons (Fsp3) is 0.444. The maximum atomic E-state index is 12.3. The van der Waals surface area contributed by atoms with Crippen molar-refractivity contribution in [3.63, 3.8) is 0 Å². The number of ether oxygens (including phenoxy) is 1. The molecule has 1 aromatic carbocycles. The number of imide groups is 1. The van der Waals surface area contributed by atoms with Crippen molar-refractivity contribution in [2.24, 2.45) is 5.92 Å². The van der Waals surface area contributed by atoms with Gasteiger partial charge in [-0.15, -0.1) is 0 Å². The number of amides is 2. The molecule has 0 aliphatic carbocycles. The van der Waals surface area contributed by atoms with E-state index in [1.165, 1.54) is 6.08 Å². The minimum absolute atomic E-state index is 0.143. The van der Waals surface area contributed by atoms with Crippen LogP contribution in [0.2, 0.25) is 0 Å². The molecule has 124 valence electrons. The van der Waals surface area contributed by atoms with E-state index in [9.17, 15) is 14.7 Å². The van der Waals surface area contributed by atoms with Crippen LogP contribution >= 0.6 is 0 Å². The van der Waals surface area contributed by atoms with Gasteiger partial charge in [0.25, 0.3) is 5.91 Å². The van der Waals surface area contributed by atoms with Gasteiger partial charge in [-0.2, -0.15) is 0 Å². The molecule has 0 saturated carbocycles. The number of hydrogen-bond acceptors (Lipinski definition) is 4. The Bertz CT molecular complexity index is 570. The van der Waals surface area contributed by atoms with Gasteiger partial charge in [-0.25, -0.2) is 9.69 Å². The van der Waals surface area contributed by atoms with Crippen LogP contribution in [-0.2, 0) is 16.0 Å². The summed E-state index contributed by atoms with van der Waals surface area (Å²) in [6, 6.07) is 9.39. The Hall–Kier alpha value is -2.14. The SMILES string of the molecule is CC[C@@H](O)[C@@H](C)/C=C/C(=O)N1C(=O)OC[C@@H]1Cc1ccccc1. The van der Waals surface area contributed by atoms with E-state index in [1.54, 1.807) is 6.08 Å². The predicted molar refractivity (Wildman–Crippen MR) is 86.7 cm³/mol. The lowest BCUT2D eigenvalue weighted by atomic mass is 10.0. The fourth-order valence-electron chi connectivity index (χ4n) is 2.58. The summed E-state index contributed by atoms with van der Waals surface area (Å²) in [5, 5.41) is 9.74. The molecule has 2 amide bonds. The van der Waals surface area contributed by atoms with E-state index in [0.29, 0.717) is 12.8 Å². The highest BCUT2D eigenvalue weighted by atomic mass is 16.6. The molecule has 0 radical (unpaired) electrons. The second kappa shape index (κ2) is 7.92. The van der Waals surface area contributed by atoms with E-state index in [0.717, 1.165) is 10.5 Å². The Morgan fingerprint density at radius 3 is 2.78 bits per heavy atom. The Labute approximate surface area is 136 Å². The summed E-state index contributed by atoms with van der Waals surface area (Å²) in [5.41, 5.74) is 1.05. The zero-order chi connectivity index (χ0) is 16.8. The third kappa shape index (κ3) is 4.42. The largest absolute Gasteiger partial charge is 0.447 e. The summed E-state index contributed by atoms with van der Waals surface area (Å²) >= 11 is 0. The smallest absolute Gasteiger partial charge is 0.417 e. The van der Waals surface area contributed by atoms with Gasteiger partial charge in [0.05, 0.1) is 12.1 Å². The molecule has 0 unspecified atom stereocenters. The molecule has 1 saturated heterocycles. The first-order valence-electron chi connectivity index (χ1n) is 7.93. The number of rotatable bonds is 6. The summed E-state index contributed by atoms with van der Waals surface area (Å²) in [7, 11) is 0. The van der Waals surface area contributed by atoms with Gasteiger partial charge < -0.3 is 9.84 Å². The molecule has 0 bridgehead atoms. The van der Waals surface area contributed by atoms with Crippen LogP contribution in [0.4, 0.5) is 4.79 Å². The molecule has 1 aliphatic rings. The number of benzene rings is 1. The molecule has 5 heteroatoms. The molecule has 1 aliphatic heterocycles. The molecule has 2 rings (SSSR count). The van der Waals surface area contributed by atoms with Gasteiger partial charge in [0, 0.05) is 12.0 Å². The van der Waals surface area contributed by atoms with E-state index in [1.807, 2.05) is 44.2 Å². The highest BCUT2D eigenvalue weighted by molar-refractivity contribution is 5.99. The summed E-state index contributed by atoms with van der Waals surface area (Å²) in [4.78, 5) is 25.3. The van der Waals surface area contributed by atoms with Crippen LogP contribution in [0.3, 0.4) is 0 Å². The average Bonchev–Trinajstić information content (AvgIpc) is 2.93. The molecule has 0 spiro atoms. The Morgan fingerprint density at radius 1 is 1.43 bits per heavy atom. The third-order valence-electron chi connectivity index (χ3n) is 4.08. The first-order chi connectivity index (χ1) is 11.0. The molecule has 5 nitrogen and oxygen atoms in total. The van der Waals surface area contributed by atoms with Crippen LogP contribution in [0.1, 0.15) is 25.8 Å². The Balaban J connectivity index is 2.04. The monoisotopic (exact) mass is 317 g/mol. The minimum atomic E-state index is -0.607. The molecule has 0 aromatic heterocycles. The van der Waals surface area contributed by atoms with Crippen LogP contribution in [0.15, 0.2) is 42.5 Å². The molecular weight excluding hydrogens is 294 g/mol. The van der Waals surface area contributed by atoms with Crippen LogP contribution in [0.25, 0.3) is 0 Å². The van der Waals surface area contributed by atoms with Crippen molar-refractivity contribution in [1.82, 2.24) is 4.90 Å². The molecule has 23 heavy (non-hydrogen) atoms. The van der Waals surface area contributed by atoms with Crippen LogP contribution in [0.5, 0.6) is 0 Å². The lowest BCUT2D eigenvalue weighted by molar-refractivity contribution is -0.124. The highest BCUT2D eigenvalue weighted by Crippen LogP contribution is 2.18. The summed E-state index contributed by atoms with van der Waals surface area (Å²) in [6.07, 6.45) is 3.07. The first-order valence-corrected chi connectivity index (χ1v) is 7.93. The number of aliphatic hydroxyl groups excluding tert-OH is 1. The normalized spacial score (nSPS) is 20.6. The number of nitrogens with zero attached hydrogens (tertiary/aromatic N) is 1. The Morgan fingerprint density at radius 2 is 2.13 bits per heavy atom. The van der Waals surface area contributed by atoms with Crippen LogP contribution < -0.4 is 0 Å². The predicted octanol–water partition coefficient (Wildman–Crippen LogP) is 2.54. The van der Waals surface area contributed by atoms with E-state index in [-0.39, 0.29) is 18.6 Å². The number of carbonyl (C=O) groups excluding carboxylic acids is 2. The van der Waals surface area contributed by atoms with Gasteiger partial charge in [0.2, 0.25) is 0 Å². The molecule has 1 heterocycles. The van der Waals surface area contributed by atoms with Crippen molar-refractivity contribution in [2.45, 2.75) is 38.8 Å². The van der Waals surface area contributed by atoms with E-state index in [4.69, 9.17) is 4.74 Å². The topological polar surface area (TPSA) is 66.8 Å². The number of cyclic esters (lactones) is 1. The average molecular weight is 317 g/mol. The first kappa shape index (κ1) is 17.2. The standard InChI is InChI=1S/C18H23NO4/c1-3-16(20)13(2)9-10-17(21)19-15(12-23-18(19)22)11-14-7-5-4-6-8-14/h4-10,13,15-16,20H,3,11-12H2,1-2H3/b10-9+/t13-,15-,16+/m0/s1. The second-order valence-corrected chi connectivity index (χ2v) is 5.82. The molecule has 1 aromatic rings. The molecular formula is C18H23NO4. The van der Waals surface area contributed by atoms with Crippen LogP contribution in [-0.4, -0.2) is 40.8 Å². The lowest BCUT2D eigenvalue weighted by Gasteiger charge is -2.18. The maximum absolute atomic E-state index is 12.3. The Kier molecular flexibility index (Phi) is 5.93. The van der Waals surface area contributed by atoms with Gasteiger partial charge in [0.1, 0.15) is 6.61 Å². The summed E-state index contributed by atoms with van der Waals surface area (Å²) < 4.78 is 5.03. The van der Waals surface area contributed by atoms with Gasteiger partial charge in [-0.1, -0.05) is 50.3 Å². The van der Waals surface area contributed by atoms with E-state index >= 15 is 0 Å². The van der Waals surface area contributed by atoms with Crippen molar-refractivity contribution < 1.29 is 19.4 Å². The van der Waals surface area contributed by atoms with Gasteiger partial charge in [-0.05, 0) is 18.4 Å². The lowest BCUT2D eigenvalue weighted by Crippen LogP contribution is -2.39. The summed E-state index contributed by atoms with van der Waals surface area (Å²) in [6.45, 7) is 3.92. The van der Waals surface area contributed by atoms with E-state index < -0.39 is 18.1 Å². The van der Waals surface area contributed by atoms with Crippen molar-refractivity contribution in [3.8, 4) is 0 Å². The van der Waals surface area contributed by atoms with Crippen LogP contribution in [0, 0.1) is 5.92 Å². The van der Waals surface area contributed by atoms with Gasteiger partial charge in [-0.3, -0.25) is 4.79 Å². The van der Waals surface area contributed by atoms with Crippen molar-refractivity contribution in [1.29, 1.82) is 0 Å². The maximum Gasteiger partial charge on any atom is 0.417 e. The number of aliphatic hydroxyl groups is 1. The number of carbonyl (C=O) groups is 2. The molecule has 3 atom stereocenters. The van der Waals surface area contributed by atoms with Crippen molar-refractivity contribution in [3.05, 3.63) is 48.0 Å². The third-order valence-corrected chi connectivity index (χ3v) is 4.08. The quantitative estimate of drug-likeness (QED) is 0.819. The van der Waals surface area contributed by atoms with Crippen molar-refractivity contribution >= 4 is 12.0 Å². The van der Waals surface area contributed by atoms with Gasteiger partial charge >= 0.3 is 6.09 Å². The molecule has 1 fully saturated rings. The molecule has 1 N–H and O–H groups in total. The van der Waals surface area contributed by atoms with Crippen molar-refractivity contribution in [2.75, 3.05) is 6.61 Å². The zero-order valence-electron chi connectivity index (χ0n) is 13.5. The van der Waals surface area contributed by atoms with E-state index in [2.05, 4.69) is 0 Å². The summed E-state index contributed by atoms with van der Waals surface area (Å²) in [5.74, 6) is -0.543. The fourth-order valence-corrected chi connectivity index (χ4v) is 2.58. The highest BCUT2D eigenvalue weighted by Gasteiger charge is 2.36. The number of hydrogen-bond donors (Lipinski definition) is 1.